The van der Waals surface area contributed by atoms with Crippen LogP contribution in [0.1, 0.15) is 36.9 Å². The summed E-state index contributed by atoms with van der Waals surface area (Å²) in [5, 5.41) is 3.35. The molecule has 0 saturated carbocycles. The minimum absolute atomic E-state index is 0.130. The largest absolute Gasteiger partial charge is 0.465 e. The van der Waals surface area contributed by atoms with Gasteiger partial charge in [0.2, 0.25) is 0 Å². The molecule has 1 N–H and O–H groups in total. The van der Waals surface area contributed by atoms with E-state index in [0.29, 0.717) is 21.4 Å². The molecule has 0 fully saturated rings. The van der Waals surface area contributed by atoms with E-state index in [1.165, 1.54) is 7.11 Å². The summed E-state index contributed by atoms with van der Waals surface area (Å²) in [4.78, 5) is 23.5. The zero-order valence-corrected chi connectivity index (χ0v) is 14.9. The molecule has 0 radical (unpaired) electrons. The number of halogens is 1. The Morgan fingerprint density at radius 2 is 2.00 bits per heavy atom. The van der Waals surface area contributed by atoms with Gasteiger partial charge in [-0.15, -0.1) is 0 Å². The molecule has 1 aromatic heterocycles. The summed E-state index contributed by atoms with van der Waals surface area (Å²) >= 11 is 3.43. The number of furan rings is 1. The summed E-state index contributed by atoms with van der Waals surface area (Å²) in [6.45, 7) is 5.48. The topological polar surface area (TPSA) is 77.8 Å². The standard InChI is InChI=1S/C16H18BrNO5/c1-16(2,3)23-15(20)18-8-11-12(17)9-6-5-7-10(13(9)22-11)14(19)21-4/h5-7H,8H2,1-4H3,(H,18,20). The van der Waals surface area contributed by atoms with Crippen LogP contribution in [-0.2, 0) is 16.0 Å². The smallest absolute Gasteiger partial charge is 0.408 e. The molecule has 1 heterocycles. The molecule has 124 valence electrons. The molecule has 1 aromatic carbocycles. The first-order valence-electron chi connectivity index (χ1n) is 6.98. The quantitative estimate of drug-likeness (QED) is 0.810. The van der Waals surface area contributed by atoms with Gasteiger partial charge in [-0.05, 0) is 48.8 Å². The number of benzene rings is 1. The van der Waals surface area contributed by atoms with E-state index in [1.807, 2.05) is 6.07 Å². The van der Waals surface area contributed by atoms with Gasteiger partial charge in [-0.3, -0.25) is 0 Å². The maximum atomic E-state index is 11.8. The molecule has 0 unspecified atom stereocenters. The van der Waals surface area contributed by atoms with Crippen molar-refractivity contribution in [3.05, 3.63) is 34.0 Å². The molecule has 23 heavy (non-hydrogen) atoms. The van der Waals surface area contributed by atoms with Gasteiger partial charge in [0, 0.05) is 5.39 Å². The van der Waals surface area contributed by atoms with Crippen molar-refractivity contribution in [1.29, 1.82) is 0 Å². The molecule has 0 aliphatic carbocycles. The third-order valence-corrected chi connectivity index (χ3v) is 3.79. The van der Waals surface area contributed by atoms with Crippen molar-refractivity contribution in [2.75, 3.05) is 7.11 Å². The monoisotopic (exact) mass is 383 g/mol. The Balaban J connectivity index is 2.24. The second-order valence-corrected chi connectivity index (χ2v) is 6.66. The number of esters is 1. The van der Waals surface area contributed by atoms with Crippen LogP contribution in [0.15, 0.2) is 27.1 Å². The Hall–Kier alpha value is -2.02. The molecular formula is C16H18BrNO5. The number of hydrogen-bond donors (Lipinski definition) is 1. The minimum atomic E-state index is -0.576. The van der Waals surface area contributed by atoms with Gasteiger partial charge < -0.3 is 19.2 Å². The highest BCUT2D eigenvalue weighted by Crippen LogP contribution is 2.33. The SMILES string of the molecule is COC(=O)c1cccc2c(Br)c(CNC(=O)OC(C)(C)C)oc12. The van der Waals surface area contributed by atoms with E-state index < -0.39 is 17.7 Å². The molecule has 0 saturated heterocycles. The van der Waals surface area contributed by atoms with E-state index in [9.17, 15) is 9.59 Å². The molecule has 7 heteroatoms. The van der Waals surface area contributed by atoms with Crippen molar-refractivity contribution in [3.63, 3.8) is 0 Å². The van der Waals surface area contributed by atoms with Crippen LogP contribution in [0.5, 0.6) is 0 Å². The van der Waals surface area contributed by atoms with Crippen molar-refractivity contribution in [1.82, 2.24) is 5.32 Å². The average molecular weight is 384 g/mol. The van der Waals surface area contributed by atoms with E-state index in [0.717, 1.165) is 5.39 Å². The van der Waals surface area contributed by atoms with E-state index >= 15 is 0 Å². The average Bonchev–Trinajstić information content (AvgIpc) is 2.79. The second-order valence-electron chi connectivity index (χ2n) is 5.87. The molecule has 6 nitrogen and oxygen atoms in total. The zero-order valence-electron chi connectivity index (χ0n) is 13.4. The van der Waals surface area contributed by atoms with E-state index in [4.69, 9.17) is 13.9 Å². The molecule has 0 spiro atoms. The van der Waals surface area contributed by atoms with Crippen molar-refractivity contribution < 1.29 is 23.5 Å². The highest BCUT2D eigenvalue weighted by atomic mass is 79.9. The summed E-state index contributed by atoms with van der Waals surface area (Å²) in [6.07, 6.45) is -0.543. The summed E-state index contributed by atoms with van der Waals surface area (Å²) in [6, 6.07) is 5.17. The van der Waals surface area contributed by atoms with Gasteiger partial charge in [0.1, 0.15) is 22.5 Å². The fourth-order valence-electron chi connectivity index (χ4n) is 1.99. The Kier molecular flexibility index (Phi) is 4.99. The lowest BCUT2D eigenvalue weighted by molar-refractivity contribution is 0.0518. The van der Waals surface area contributed by atoms with Crippen molar-refractivity contribution >= 4 is 39.0 Å². The predicted octanol–water partition coefficient (Wildman–Crippen LogP) is 4.01. The van der Waals surface area contributed by atoms with Gasteiger partial charge in [-0.2, -0.15) is 0 Å². The van der Waals surface area contributed by atoms with Crippen molar-refractivity contribution in [2.24, 2.45) is 0 Å². The van der Waals surface area contributed by atoms with Crippen LogP contribution in [0, 0.1) is 0 Å². The number of carbonyl (C=O) groups is 2. The number of para-hydroxylation sites is 1. The molecular weight excluding hydrogens is 366 g/mol. The maximum absolute atomic E-state index is 11.8. The molecule has 2 rings (SSSR count). The number of methoxy groups -OCH3 is 1. The number of rotatable bonds is 3. The van der Waals surface area contributed by atoms with Gasteiger partial charge in [0.25, 0.3) is 0 Å². The first-order chi connectivity index (χ1) is 10.7. The third kappa shape index (κ3) is 4.04. The van der Waals surface area contributed by atoms with Gasteiger partial charge in [-0.25, -0.2) is 9.59 Å². The Bertz CT molecular complexity index is 745. The highest BCUT2D eigenvalue weighted by molar-refractivity contribution is 9.10. The van der Waals surface area contributed by atoms with Gasteiger partial charge >= 0.3 is 12.1 Å². The number of alkyl carbamates (subject to hydrolysis) is 1. The number of nitrogens with one attached hydrogen (secondary N) is 1. The lowest BCUT2D eigenvalue weighted by Gasteiger charge is -2.19. The van der Waals surface area contributed by atoms with Crippen molar-refractivity contribution in [3.8, 4) is 0 Å². The van der Waals surface area contributed by atoms with E-state index in [-0.39, 0.29) is 6.54 Å². The van der Waals surface area contributed by atoms with Crippen molar-refractivity contribution in [2.45, 2.75) is 32.9 Å². The minimum Gasteiger partial charge on any atom is -0.465 e. The van der Waals surface area contributed by atoms with Crippen LogP contribution in [0.25, 0.3) is 11.0 Å². The molecule has 0 aliphatic rings. The number of fused-ring (bicyclic) bond motifs is 1. The summed E-state index contributed by atoms with van der Waals surface area (Å²) in [5.41, 5.74) is 0.161. The normalized spacial score (nSPS) is 11.3. The Morgan fingerprint density at radius 3 is 2.61 bits per heavy atom. The first-order valence-corrected chi connectivity index (χ1v) is 7.77. The number of hydrogen-bond acceptors (Lipinski definition) is 5. The van der Waals surface area contributed by atoms with Crippen LogP contribution in [-0.4, -0.2) is 24.8 Å². The van der Waals surface area contributed by atoms with Crippen LogP contribution in [0.2, 0.25) is 0 Å². The fraction of sp³-hybridized carbons (Fsp3) is 0.375. The molecule has 2 aromatic rings. The van der Waals surface area contributed by atoms with E-state index in [2.05, 4.69) is 21.2 Å². The van der Waals surface area contributed by atoms with Gasteiger partial charge in [0.15, 0.2) is 0 Å². The molecule has 1 amide bonds. The lowest BCUT2D eigenvalue weighted by atomic mass is 10.1. The Morgan fingerprint density at radius 1 is 1.30 bits per heavy atom. The third-order valence-electron chi connectivity index (χ3n) is 2.92. The maximum Gasteiger partial charge on any atom is 0.408 e. The second kappa shape index (κ2) is 6.62. The van der Waals surface area contributed by atoms with Gasteiger partial charge in [0.05, 0.1) is 18.1 Å². The number of ether oxygens (including phenoxy) is 2. The van der Waals surface area contributed by atoms with E-state index in [1.54, 1.807) is 32.9 Å². The summed E-state index contributed by atoms with van der Waals surface area (Å²) < 4.78 is 16.3. The van der Waals surface area contributed by atoms with Crippen LogP contribution in [0.3, 0.4) is 0 Å². The predicted molar refractivity (Wildman–Crippen MR) is 88.3 cm³/mol. The van der Waals surface area contributed by atoms with Crippen LogP contribution in [0.4, 0.5) is 4.79 Å². The fourth-order valence-corrected chi connectivity index (χ4v) is 2.52. The molecule has 0 aliphatic heterocycles. The highest BCUT2D eigenvalue weighted by Gasteiger charge is 2.20. The number of carbonyl (C=O) groups excluding carboxylic acids is 2. The van der Waals surface area contributed by atoms with Crippen LogP contribution >= 0.6 is 15.9 Å². The molecule has 0 atom stereocenters. The van der Waals surface area contributed by atoms with Crippen LogP contribution < -0.4 is 5.32 Å². The summed E-state index contributed by atoms with van der Waals surface area (Å²) in [7, 11) is 1.31. The molecule has 0 bridgehead atoms. The first kappa shape index (κ1) is 17.3. The lowest BCUT2D eigenvalue weighted by Crippen LogP contribution is -2.32. The summed E-state index contributed by atoms with van der Waals surface area (Å²) in [5.74, 6) is 0.00529. The number of amides is 1. The van der Waals surface area contributed by atoms with Gasteiger partial charge in [-0.1, -0.05) is 6.07 Å². The Labute approximate surface area is 142 Å². The zero-order chi connectivity index (χ0) is 17.2.